The van der Waals surface area contributed by atoms with Crippen molar-refractivity contribution in [2.24, 2.45) is 5.73 Å². The van der Waals surface area contributed by atoms with Crippen LogP contribution < -0.4 is 11.1 Å². The number of hydrogen-bond donors (Lipinski definition) is 2. The molecule has 0 saturated carbocycles. The van der Waals surface area contributed by atoms with Crippen LogP contribution in [-0.2, 0) is 11.2 Å². The Morgan fingerprint density at radius 3 is 2.36 bits per heavy atom. The second-order valence-electron chi connectivity index (χ2n) is 5.10. The van der Waals surface area contributed by atoms with Crippen LogP contribution in [0.5, 0.6) is 0 Å². The van der Waals surface area contributed by atoms with E-state index in [2.05, 4.69) is 5.32 Å². The minimum Gasteiger partial charge on any atom is -0.368 e. The first kappa shape index (κ1) is 16.0. The van der Waals surface area contributed by atoms with Gasteiger partial charge in [0.2, 0.25) is 5.91 Å². The fourth-order valence-electron chi connectivity index (χ4n) is 2.06. The van der Waals surface area contributed by atoms with Crippen molar-refractivity contribution in [3.05, 3.63) is 70.2 Å². The SMILES string of the molecule is Cc1ccc(C[C@H](NC(=O)c2ccccc2Cl)C(N)=O)cc1. The van der Waals surface area contributed by atoms with Crippen molar-refractivity contribution in [2.75, 3.05) is 0 Å². The van der Waals surface area contributed by atoms with Crippen LogP contribution in [0.4, 0.5) is 0 Å². The fourth-order valence-corrected chi connectivity index (χ4v) is 2.29. The molecule has 114 valence electrons. The Morgan fingerprint density at radius 2 is 1.77 bits per heavy atom. The molecule has 0 aliphatic carbocycles. The standard InChI is InChI=1S/C17H17ClN2O2/c1-11-6-8-12(9-7-11)10-15(16(19)21)20-17(22)13-4-2-3-5-14(13)18/h2-9,15H,10H2,1H3,(H2,19,21)(H,20,22)/t15-/m0/s1. The van der Waals surface area contributed by atoms with Gasteiger partial charge in [-0.05, 0) is 24.6 Å². The third-order valence-corrected chi connectivity index (χ3v) is 3.66. The van der Waals surface area contributed by atoms with Crippen LogP contribution in [0.2, 0.25) is 5.02 Å². The van der Waals surface area contributed by atoms with Gasteiger partial charge in [0, 0.05) is 6.42 Å². The summed E-state index contributed by atoms with van der Waals surface area (Å²) in [5.74, 6) is -0.998. The highest BCUT2D eigenvalue weighted by Gasteiger charge is 2.20. The summed E-state index contributed by atoms with van der Waals surface area (Å²) in [6.07, 6.45) is 0.339. The van der Waals surface area contributed by atoms with Gasteiger partial charge in [-0.25, -0.2) is 0 Å². The minimum absolute atomic E-state index is 0.319. The number of amides is 2. The highest BCUT2D eigenvalue weighted by Crippen LogP contribution is 2.15. The van der Waals surface area contributed by atoms with E-state index in [4.69, 9.17) is 17.3 Å². The van der Waals surface area contributed by atoms with Crippen molar-refractivity contribution < 1.29 is 9.59 Å². The molecule has 0 aliphatic heterocycles. The molecular weight excluding hydrogens is 300 g/mol. The fraction of sp³-hybridized carbons (Fsp3) is 0.176. The number of carbonyl (C=O) groups excluding carboxylic acids is 2. The lowest BCUT2D eigenvalue weighted by Gasteiger charge is -2.16. The number of carbonyl (C=O) groups is 2. The zero-order valence-corrected chi connectivity index (χ0v) is 12.9. The van der Waals surface area contributed by atoms with E-state index in [1.54, 1.807) is 24.3 Å². The summed E-state index contributed by atoms with van der Waals surface area (Å²) in [6.45, 7) is 1.98. The summed E-state index contributed by atoms with van der Waals surface area (Å²) in [6, 6.07) is 13.6. The van der Waals surface area contributed by atoms with Crippen molar-refractivity contribution >= 4 is 23.4 Å². The molecule has 0 fully saturated rings. The second kappa shape index (κ2) is 7.09. The van der Waals surface area contributed by atoms with Gasteiger partial charge in [0.1, 0.15) is 6.04 Å². The van der Waals surface area contributed by atoms with Crippen molar-refractivity contribution in [1.29, 1.82) is 0 Å². The lowest BCUT2D eigenvalue weighted by molar-refractivity contribution is -0.119. The largest absolute Gasteiger partial charge is 0.368 e. The molecule has 0 bridgehead atoms. The molecule has 2 amide bonds. The van der Waals surface area contributed by atoms with Crippen LogP contribution in [0.1, 0.15) is 21.5 Å². The van der Waals surface area contributed by atoms with Gasteiger partial charge in [-0.2, -0.15) is 0 Å². The van der Waals surface area contributed by atoms with E-state index in [9.17, 15) is 9.59 Å². The summed E-state index contributed by atoms with van der Waals surface area (Å²) >= 11 is 5.98. The highest BCUT2D eigenvalue weighted by atomic mass is 35.5. The topological polar surface area (TPSA) is 72.2 Å². The Balaban J connectivity index is 2.12. The maximum absolute atomic E-state index is 12.2. The highest BCUT2D eigenvalue weighted by molar-refractivity contribution is 6.33. The maximum Gasteiger partial charge on any atom is 0.253 e. The van der Waals surface area contributed by atoms with E-state index in [1.807, 2.05) is 31.2 Å². The third kappa shape index (κ3) is 4.09. The first-order valence-corrected chi connectivity index (χ1v) is 7.25. The predicted molar refractivity (Wildman–Crippen MR) is 86.8 cm³/mol. The maximum atomic E-state index is 12.2. The van der Waals surface area contributed by atoms with E-state index < -0.39 is 17.9 Å². The van der Waals surface area contributed by atoms with Crippen molar-refractivity contribution in [2.45, 2.75) is 19.4 Å². The van der Waals surface area contributed by atoms with Gasteiger partial charge < -0.3 is 11.1 Å². The zero-order valence-electron chi connectivity index (χ0n) is 12.2. The molecule has 22 heavy (non-hydrogen) atoms. The molecular formula is C17H17ClN2O2. The van der Waals surface area contributed by atoms with Crippen LogP contribution in [0.15, 0.2) is 48.5 Å². The van der Waals surface area contributed by atoms with Crippen LogP contribution in [-0.4, -0.2) is 17.9 Å². The molecule has 0 spiro atoms. The molecule has 5 heteroatoms. The Hall–Kier alpha value is -2.33. The van der Waals surface area contributed by atoms with Gasteiger partial charge in [0.05, 0.1) is 10.6 Å². The lowest BCUT2D eigenvalue weighted by Crippen LogP contribution is -2.45. The zero-order chi connectivity index (χ0) is 16.1. The van der Waals surface area contributed by atoms with Gasteiger partial charge in [-0.1, -0.05) is 53.6 Å². The van der Waals surface area contributed by atoms with Gasteiger partial charge in [-0.3, -0.25) is 9.59 Å². The van der Waals surface area contributed by atoms with Crippen molar-refractivity contribution in [3.63, 3.8) is 0 Å². The van der Waals surface area contributed by atoms with Gasteiger partial charge in [0.25, 0.3) is 5.91 Å². The quantitative estimate of drug-likeness (QED) is 0.889. The van der Waals surface area contributed by atoms with Crippen LogP contribution >= 0.6 is 11.6 Å². The molecule has 0 heterocycles. The van der Waals surface area contributed by atoms with Crippen LogP contribution in [0.3, 0.4) is 0 Å². The smallest absolute Gasteiger partial charge is 0.253 e. The third-order valence-electron chi connectivity index (χ3n) is 3.33. The van der Waals surface area contributed by atoms with Gasteiger partial charge in [-0.15, -0.1) is 0 Å². The molecule has 0 aromatic heterocycles. The van der Waals surface area contributed by atoms with E-state index in [0.717, 1.165) is 11.1 Å². The van der Waals surface area contributed by atoms with Gasteiger partial charge in [0.15, 0.2) is 0 Å². The number of primary amides is 1. The molecule has 3 N–H and O–H groups in total. The molecule has 2 rings (SSSR count). The molecule has 1 atom stereocenters. The summed E-state index contributed by atoms with van der Waals surface area (Å²) in [5.41, 5.74) is 7.76. The average molecular weight is 317 g/mol. The number of aryl methyl sites for hydroxylation is 1. The first-order chi connectivity index (χ1) is 10.5. The number of hydrogen-bond acceptors (Lipinski definition) is 2. The molecule has 4 nitrogen and oxygen atoms in total. The summed E-state index contributed by atoms with van der Waals surface area (Å²) in [5, 5.41) is 2.97. The van der Waals surface area contributed by atoms with Crippen molar-refractivity contribution in [1.82, 2.24) is 5.32 Å². The molecule has 0 radical (unpaired) electrons. The Kier molecular flexibility index (Phi) is 5.17. The summed E-state index contributed by atoms with van der Waals surface area (Å²) in [4.78, 5) is 23.8. The Bertz CT molecular complexity index is 683. The van der Waals surface area contributed by atoms with E-state index >= 15 is 0 Å². The molecule has 0 aliphatic rings. The Labute approximate surface area is 134 Å². The average Bonchev–Trinajstić information content (AvgIpc) is 2.49. The number of benzene rings is 2. The monoisotopic (exact) mass is 316 g/mol. The van der Waals surface area contributed by atoms with Gasteiger partial charge >= 0.3 is 0 Å². The molecule has 2 aromatic rings. The summed E-state index contributed by atoms with van der Waals surface area (Å²) < 4.78 is 0. The van der Waals surface area contributed by atoms with E-state index in [0.29, 0.717) is 17.0 Å². The van der Waals surface area contributed by atoms with Crippen LogP contribution in [0, 0.1) is 6.92 Å². The lowest BCUT2D eigenvalue weighted by atomic mass is 10.0. The van der Waals surface area contributed by atoms with E-state index in [-0.39, 0.29) is 0 Å². The summed E-state index contributed by atoms with van der Waals surface area (Å²) in [7, 11) is 0. The number of rotatable bonds is 5. The van der Waals surface area contributed by atoms with E-state index in [1.165, 1.54) is 0 Å². The minimum atomic E-state index is -0.786. The first-order valence-electron chi connectivity index (χ1n) is 6.87. The molecule has 0 unspecified atom stereocenters. The second-order valence-corrected chi connectivity index (χ2v) is 5.51. The molecule has 2 aromatic carbocycles. The van der Waals surface area contributed by atoms with Crippen molar-refractivity contribution in [3.8, 4) is 0 Å². The molecule has 0 saturated heterocycles. The predicted octanol–water partition coefficient (Wildman–Crippen LogP) is 2.47. The normalized spacial score (nSPS) is 11.7. The number of nitrogens with two attached hydrogens (primary N) is 1. The Morgan fingerprint density at radius 1 is 1.14 bits per heavy atom. The van der Waals surface area contributed by atoms with Crippen LogP contribution in [0.25, 0.3) is 0 Å². The number of halogens is 1. The number of nitrogens with one attached hydrogen (secondary N) is 1.